The second-order valence-corrected chi connectivity index (χ2v) is 4.16. The van der Waals surface area contributed by atoms with Crippen molar-refractivity contribution in [3.8, 4) is 0 Å². The zero-order valence-electron chi connectivity index (χ0n) is 8.45. The minimum absolute atomic E-state index is 0.655. The maximum Gasteiger partial charge on any atom is 0.106 e. The maximum atomic E-state index is 10.5. The van der Waals surface area contributed by atoms with Crippen LogP contribution in [-0.2, 0) is 5.60 Å². The minimum atomic E-state index is -0.655. The summed E-state index contributed by atoms with van der Waals surface area (Å²) in [6.07, 6.45) is 8.22. The van der Waals surface area contributed by atoms with E-state index in [0.717, 1.165) is 31.4 Å². The molecule has 0 spiro atoms. The summed E-state index contributed by atoms with van der Waals surface area (Å²) < 4.78 is 0. The van der Waals surface area contributed by atoms with Crippen molar-refractivity contribution < 1.29 is 5.11 Å². The molecule has 1 aliphatic carbocycles. The fourth-order valence-electron chi connectivity index (χ4n) is 2.21. The van der Waals surface area contributed by atoms with E-state index in [1.165, 1.54) is 12.8 Å². The molecule has 2 heteroatoms. The molecule has 1 fully saturated rings. The minimum Gasteiger partial charge on any atom is -0.384 e. The molecular weight excluding hydrogens is 174 g/mol. The highest BCUT2D eigenvalue weighted by Gasteiger charge is 2.30. The summed E-state index contributed by atoms with van der Waals surface area (Å²) in [6.45, 7) is 0. The van der Waals surface area contributed by atoms with Gasteiger partial charge in [-0.05, 0) is 25.0 Å². The summed E-state index contributed by atoms with van der Waals surface area (Å²) in [5, 5.41) is 10.5. The van der Waals surface area contributed by atoms with Crippen molar-refractivity contribution in [3.63, 3.8) is 0 Å². The lowest BCUT2D eigenvalue weighted by Crippen LogP contribution is -2.25. The van der Waals surface area contributed by atoms with E-state index in [2.05, 4.69) is 4.98 Å². The third kappa shape index (κ3) is 1.95. The number of pyridine rings is 1. The molecule has 14 heavy (non-hydrogen) atoms. The molecule has 0 amide bonds. The van der Waals surface area contributed by atoms with E-state index in [0.29, 0.717) is 0 Å². The van der Waals surface area contributed by atoms with Crippen LogP contribution in [0.1, 0.15) is 44.2 Å². The van der Waals surface area contributed by atoms with Crippen LogP contribution >= 0.6 is 0 Å². The van der Waals surface area contributed by atoms with Crippen LogP contribution in [-0.4, -0.2) is 10.1 Å². The van der Waals surface area contributed by atoms with E-state index >= 15 is 0 Å². The molecule has 0 saturated heterocycles. The van der Waals surface area contributed by atoms with Gasteiger partial charge < -0.3 is 5.11 Å². The van der Waals surface area contributed by atoms with Crippen molar-refractivity contribution in [2.45, 2.75) is 44.1 Å². The molecule has 0 aromatic carbocycles. The Morgan fingerprint density at radius 2 is 1.79 bits per heavy atom. The summed E-state index contributed by atoms with van der Waals surface area (Å²) >= 11 is 0. The fraction of sp³-hybridized carbons (Fsp3) is 0.583. The summed E-state index contributed by atoms with van der Waals surface area (Å²) in [5.74, 6) is 0. The predicted octanol–water partition coefficient (Wildman–Crippen LogP) is 2.62. The van der Waals surface area contributed by atoms with Gasteiger partial charge in [0, 0.05) is 6.20 Å². The van der Waals surface area contributed by atoms with Gasteiger partial charge in [0.15, 0.2) is 0 Å². The van der Waals surface area contributed by atoms with Crippen LogP contribution in [0.3, 0.4) is 0 Å². The van der Waals surface area contributed by atoms with Gasteiger partial charge in [0.25, 0.3) is 0 Å². The third-order valence-electron chi connectivity index (χ3n) is 3.07. The molecular formula is C12H17NO. The summed E-state index contributed by atoms with van der Waals surface area (Å²) in [4.78, 5) is 4.27. The van der Waals surface area contributed by atoms with Crippen LogP contribution < -0.4 is 0 Å². The highest BCUT2D eigenvalue weighted by atomic mass is 16.3. The van der Waals surface area contributed by atoms with Gasteiger partial charge in [-0.25, -0.2) is 0 Å². The van der Waals surface area contributed by atoms with Gasteiger partial charge in [-0.3, -0.25) is 4.98 Å². The van der Waals surface area contributed by atoms with Gasteiger partial charge in [0.1, 0.15) is 5.60 Å². The SMILES string of the molecule is OC1(c2ccccn2)CCCCCC1. The Bertz CT molecular complexity index is 276. The number of rotatable bonds is 1. The summed E-state index contributed by atoms with van der Waals surface area (Å²) in [5.41, 5.74) is 0.194. The molecule has 0 unspecified atom stereocenters. The average molecular weight is 191 g/mol. The molecule has 0 atom stereocenters. The van der Waals surface area contributed by atoms with E-state index in [-0.39, 0.29) is 0 Å². The Balaban J connectivity index is 2.21. The lowest BCUT2D eigenvalue weighted by atomic mass is 9.90. The monoisotopic (exact) mass is 191 g/mol. The Hall–Kier alpha value is -0.890. The van der Waals surface area contributed by atoms with Crippen LogP contribution in [0.4, 0.5) is 0 Å². The zero-order valence-corrected chi connectivity index (χ0v) is 8.45. The highest BCUT2D eigenvalue weighted by Crippen LogP contribution is 2.34. The van der Waals surface area contributed by atoms with E-state index in [1.54, 1.807) is 6.20 Å². The Morgan fingerprint density at radius 3 is 2.36 bits per heavy atom. The molecule has 1 saturated carbocycles. The van der Waals surface area contributed by atoms with Crippen LogP contribution in [0.25, 0.3) is 0 Å². The van der Waals surface area contributed by atoms with Crippen molar-refractivity contribution in [1.82, 2.24) is 4.98 Å². The van der Waals surface area contributed by atoms with Crippen molar-refractivity contribution in [2.75, 3.05) is 0 Å². The van der Waals surface area contributed by atoms with Gasteiger partial charge in [0.05, 0.1) is 5.69 Å². The van der Waals surface area contributed by atoms with Gasteiger partial charge in [-0.1, -0.05) is 31.7 Å². The number of hydrogen-bond acceptors (Lipinski definition) is 2. The first kappa shape index (κ1) is 9.66. The standard InChI is InChI=1S/C12H17NO/c14-12(8-4-1-2-5-9-12)11-7-3-6-10-13-11/h3,6-7,10,14H,1-2,4-5,8-9H2. The van der Waals surface area contributed by atoms with Gasteiger partial charge in [0.2, 0.25) is 0 Å². The van der Waals surface area contributed by atoms with Crippen LogP contribution in [0.5, 0.6) is 0 Å². The molecule has 2 rings (SSSR count). The topological polar surface area (TPSA) is 33.1 Å². The van der Waals surface area contributed by atoms with E-state index in [9.17, 15) is 5.11 Å². The fourth-order valence-corrected chi connectivity index (χ4v) is 2.21. The third-order valence-corrected chi connectivity index (χ3v) is 3.07. The summed E-state index contributed by atoms with van der Waals surface area (Å²) in [6, 6.07) is 5.78. The van der Waals surface area contributed by atoms with E-state index < -0.39 is 5.60 Å². The quantitative estimate of drug-likeness (QED) is 0.692. The first-order valence-corrected chi connectivity index (χ1v) is 5.45. The molecule has 0 aliphatic heterocycles. The van der Waals surface area contributed by atoms with E-state index in [1.807, 2.05) is 18.2 Å². The second kappa shape index (κ2) is 4.09. The van der Waals surface area contributed by atoms with Gasteiger partial charge in [-0.2, -0.15) is 0 Å². The van der Waals surface area contributed by atoms with Crippen LogP contribution in [0, 0.1) is 0 Å². The van der Waals surface area contributed by atoms with Gasteiger partial charge in [-0.15, -0.1) is 0 Å². The average Bonchev–Trinajstić information content (AvgIpc) is 2.46. The molecule has 1 N–H and O–H groups in total. The predicted molar refractivity (Wildman–Crippen MR) is 55.8 cm³/mol. The molecule has 0 bridgehead atoms. The first-order valence-electron chi connectivity index (χ1n) is 5.45. The molecule has 76 valence electrons. The lowest BCUT2D eigenvalue weighted by Gasteiger charge is -2.25. The van der Waals surface area contributed by atoms with E-state index in [4.69, 9.17) is 0 Å². The normalized spacial score (nSPS) is 21.5. The second-order valence-electron chi connectivity index (χ2n) is 4.16. The Morgan fingerprint density at radius 1 is 1.07 bits per heavy atom. The molecule has 1 heterocycles. The smallest absolute Gasteiger partial charge is 0.106 e. The molecule has 1 aromatic rings. The zero-order chi connectivity index (χ0) is 9.86. The van der Waals surface area contributed by atoms with Crippen molar-refractivity contribution >= 4 is 0 Å². The Kier molecular flexibility index (Phi) is 2.82. The molecule has 0 radical (unpaired) electrons. The van der Waals surface area contributed by atoms with Gasteiger partial charge >= 0.3 is 0 Å². The molecule has 1 aromatic heterocycles. The van der Waals surface area contributed by atoms with Crippen molar-refractivity contribution in [1.29, 1.82) is 0 Å². The largest absolute Gasteiger partial charge is 0.384 e. The number of hydrogen-bond donors (Lipinski definition) is 1. The Labute approximate surface area is 85.0 Å². The lowest BCUT2D eigenvalue weighted by molar-refractivity contribution is 0.0164. The number of nitrogens with zero attached hydrogens (tertiary/aromatic N) is 1. The van der Waals surface area contributed by atoms with Crippen LogP contribution in [0.2, 0.25) is 0 Å². The molecule has 1 aliphatic rings. The summed E-state index contributed by atoms with van der Waals surface area (Å²) in [7, 11) is 0. The highest BCUT2D eigenvalue weighted by molar-refractivity contribution is 5.13. The number of aromatic nitrogens is 1. The van der Waals surface area contributed by atoms with Crippen molar-refractivity contribution in [3.05, 3.63) is 30.1 Å². The maximum absolute atomic E-state index is 10.5. The van der Waals surface area contributed by atoms with Crippen LogP contribution in [0.15, 0.2) is 24.4 Å². The number of aliphatic hydroxyl groups is 1. The first-order chi connectivity index (χ1) is 6.81. The molecule has 2 nitrogen and oxygen atoms in total. The van der Waals surface area contributed by atoms with Crippen molar-refractivity contribution in [2.24, 2.45) is 0 Å².